The Hall–Kier alpha value is -0.380. The third kappa shape index (κ3) is 2.60. The highest BCUT2D eigenvalue weighted by molar-refractivity contribution is 7.11. The molecule has 0 aromatic carbocycles. The van der Waals surface area contributed by atoms with Crippen LogP contribution in [0.5, 0.6) is 0 Å². The molecule has 3 heteroatoms. The molecule has 0 atom stereocenters. The van der Waals surface area contributed by atoms with Gasteiger partial charge in [0.2, 0.25) is 0 Å². The van der Waals surface area contributed by atoms with Gasteiger partial charge in [-0.1, -0.05) is 12.8 Å². The first-order valence-electron chi connectivity index (χ1n) is 5.65. The lowest BCUT2D eigenvalue weighted by atomic mass is 9.99. The van der Waals surface area contributed by atoms with Gasteiger partial charge in [-0.25, -0.2) is 0 Å². The van der Waals surface area contributed by atoms with Gasteiger partial charge in [-0.3, -0.25) is 0 Å². The second-order valence-electron chi connectivity index (χ2n) is 4.51. The molecule has 0 amide bonds. The zero-order valence-electron chi connectivity index (χ0n) is 9.25. The Balaban J connectivity index is 1.91. The third-order valence-corrected chi connectivity index (χ3v) is 4.30. The molecule has 15 heavy (non-hydrogen) atoms. The van der Waals surface area contributed by atoms with Crippen LogP contribution in [0.25, 0.3) is 0 Å². The standard InChI is InChI=1S/C12H19NOS/c1-10-4-5-11(15-10)8-13-12(9-14)6-2-3-7-12/h4-5,13-14H,2-3,6-9H2,1H3. The van der Waals surface area contributed by atoms with Gasteiger partial charge in [0, 0.05) is 21.8 Å². The maximum Gasteiger partial charge on any atom is 0.0613 e. The molecule has 1 heterocycles. The van der Waals surface area contributed by atoms with Gasteiger partial charge < -0.3 is 10.4 Å². The van der Waals surface area contributed by atoms with Crippen molar-refractivity contribution in [3.05, 3.63) is 21.9 Å². The summed E-state index contributed by atoms with van der Waals surface area (Å²) in [6.45, 7) is 3.31. The number of hydrogen-bond donors (Lipinski definition) is 2. The summed E-state index contributed by atoms with van der Waals surface area (Å²) in [5.41, 5.74) is 0.0118. The number of aliphatic hydroxyl groups is 1. The van der Waals surface area contributed by atoms with E-state index in [1.54, 1.807) is 0 Å². The van der Waals surface area contributed by atoms with Gasteiger partial charge in [-0.05, 0) is 31.9 Å². The molecule has 0 aliphatic heterocycles. The van der Waals surface area contributed by atoms with E-state index in [0.29, 0.717) is 0 Å². The molecule has 0 unspecified atom stereocenters. The fourth-order valence-electron chi connectivity index (χ4n) is 2.30. The molecule has 84 valence electrons. The average molecular weight is 225 g/mol. The minimum Gasteiger partial charge on any atom is -0.394 e. The topological polar surface area (TPSA) is 32.3 Å². The molecule has 0 spiro atoms. The van der Waals surface area contributed by atoms with Crippen LogP contribution in [-0.2, 0) is 6.54 Å². The summed E-state index contributed by atoms with van der Waals surface area (Å²) < 4.78 is 0. The second kappa shape index (κ2) is 4.64. The van der Waals surface area contributed by atoms with Gasteiger partial charge in [-0.2, -0.15) is 0 Å². The maximum absolute atomic E-state index is 9.44. The summed E-state index contributed by atoms with van der Waals surface area (Å²) in [6.07, 6.45) is 4.73. The van der Waals surface area contributed by atoms with E-state index in [-0.39, 0.29) is 12.1 Å². The van der Waals surface area contributed by atoms with Crippen LogP contribution >= 0.6 is 11.3 Å². The molecule has 0 radical (unpaired) electrons. The summed E-state index contributed by atoms with van der Waals surface area (Å²) in [4.78, 5) is 2.73. The molecule has 2 N–H and O–H groups in total. The number of nitrogens with one attached hydrogen (secondary N) is 1. The normalized spacial score (nSPS) is 19.6. The van der Waals surface area contributed by atoms with E-state index < -0.39 is 0 Å². The van der Waals surface area contributed by atoms with Crippen molar-refractivity contribution >= 4 is 11.3 Å². The van der Waals surface area contributed by atoms with Gasteiger partial charge in [0.15, 0.2) is 0 Å². The summed E-state index contributed by atoms with van der Waals surface area (Å²) in [7, 11) is 0. The minimum atomic E-state index is 0.0118. The lowest BCUT2D eigenvalue weighted by Gasteiger charge is -2.27. The first-order chi connectivity index (χ1) is 7.24. The largest absolute Gasteiger partial charge is 0.394 e. The van der Waals surface area contributed by atoms with E-state index in [1.165, 1.54) is 22.6 Å². The molecule has 1 saturated carbocycles. The zero-order valence-corrected chi connectivity index (χ0v) is 10.1. The number of thiophene rings is 1. The van der Waals surface area contributed by atoms with Crippen LogP contribution in [0.1, 0.15) is 35.4 Å². The van der Waals surface area contributed by atoms with Crippen LogP contribution < -0.4 is 5.32 Å². The van der Waals surface area contributed by atoms with Gasteiger partial charge in [0.25, 0.3) is 0 Å². The van der Waals surface area contributed by atoms with Gasteiger partial charge >= 0.3 is 0 Å². The Morgan fingerprint density at radius 2 is 2.13 bits per heavy atom. The first kappa shape index (κ1) is 11.1. The Morgan fingerprint density at radius 3 is 2.67 bits per heavy atom. The molecule has 2 rings (SSSR count). The Bertz CT molecular complexity index is 315. The van der Waals surface area contributed by atoms with Crippen LogP contribution in [0.2, 0.25) is 0 Å². The van der Waals surface area contributed by atoms with Crippen molar-refractivity contribution in [1.82, 2.24) is 5.32 Å². The Kier molecular flexibility index (Phi) is 3.44. The monoisotopic (exact) mass is 225 g/mol. The first-order valence-corrected chi connectivity index (χ1v) is 6.47. The molecule has 0 saturated heterocycles. The second-order valence-corrected chi connectivity index (χ2v) is 5.88. The van der Waals surface area contributed by atoms with Crippen LogP contribution in [0, 0.1) is 6.92 Å². The number of aliphatic hydroxyl groups excluding tert-OH is 1. The predicted molar refractivity (Wildman–Crippen MR) is 64.2 cm³/mol. The number of aryl methyl sites for hydroxylation is 1. The summed E-state index contributed by atoms with van der Waals surface area (Å²) in [5.74, 6) is 0. The summed E-state index contributed by atoms with van der Waals surface area (Å²) in [5, 5.41) is 13.0. The maximum atomic E-state index is 9.44. The smallest absolute Gasteiger partial charge is 0.0613 e. The van der Waals surface area contributed by atoms with Crippen molar-refractivity contribution in [1.29, 1.82) is 0 Å². The van der Waals surface area contributed by atoms with E-state index in [2.05, 4.69) is 24.4 Å². The molecule has 1 aromatic heterocycles. The van der Waals surface area contributed by atoms with E-state index in [0.717, 1.165) is 19.4 Å². The van der Waals surface area contributed by atoms with E-state index in [4.69, 9.17) is 0 Å². The van der Waals surface area contributed by atoms with Gasteiger partial charge in [-0.15, -0.1) is 11.3 Å². The highest BCUT2D eigenvalue weighted by atomic mass is 32.1. The molecule has 2 nitrogen and oxygen atoms in total. The zero-order chi connectivity index (χ0) is 10.7. The van der Waals surface area contributed by atoms with Crippen molar-refractivity contribution in [2.45, 2.75) is 44.7 Å². The van der Waals surface area contributed by atoms with E-state index in [9.17, 15) is 5.11 Å². The average Bonchev–Trinajstić information content (AvgIpc) is 2.85. The molecule has 1 aliphatic carbocycles. The number of hydrogen-bond acceptors (Lipinski definition) is 3. The lowest BCUT2D eigenvalue weighted by molar-refractivity contribution is 0.163. The molecule has 1 aliphatic rings. The lowest BCUT2D eigenvalue weighted by Crippen LogP contribution is -2.45. The SMILES string of the molecule is Cc1ccc(CNC2(CO)CCCC2)s1. The fraction of sp³-hybridized carbons (Fsp3) is 0.667. The summed E-state index contributed by atoms with van der Waals surface area (Å²) >= 11 is 1.84. The van der Waals surface area contributed by atoms with Gasteiger partial charge in [0.05, 0.1) is 6.61 Å². The Labute approximate surface area is 95.3 Å². The predicted octanol–water partition coefficient (Wildman–Crippen LogP) is 2.45. The quantitative estimate of drug-likeness (QED) is 0.825. The fourth-order valence-corrected chi connectivity index (χ4v) is 3.13. The molecular formula is C12H19NOS. The van der Waals surface area contributed by atoms with E-state index in [1.807, 2.05) is 11.3 Å². The van der Waals surface area contributed by atoms with Crippen molar-refractivity contribution < 1.29 is 5.11 Å². The summed E-state index contributed by atoms with van der Waals surface area (Å²) in [6, 6.07) is 4.33. The highest BCUT2D eigenvalue weighted by Crippen LogP contribution is 2.29. The number of rotatable bonds is 4. The van der Waals surface area contributed by atoms with E-state index >= 15 is 0 Å². The van der Waals surface area contributed by atoms with Crippen LogP contribution in [-0.4, -0.2) is 17.3 Å². The molecular weight excluding hydrogens is 206 g/mol. The van der Waals surface area contributed by atoms with Crippen molar-refractivity contribution in [3.63, 3.8) is 0 Å². The van der Waals surface area contributed by atoms with Crippen LogP contribution in [0.4, 0.5) is 0 Å². The third-order valence-electron chi connectivity index (χ3n) is 3.30. The van der Waals surface area contributed by atoms with Crippen LogP contribution in [0.15, 0.2) is 12.1 Å². The minimum absolute atomic E-state index is 0.0118. The molecule has 1 aromatic rings. The Morgan fingerprint density at radius 1 is 1.40 bits per heavy atom. The van der Waals surface area contributed by atoms with Crippen molar-refractivity contribution in [2.24, 2.45) is 0 Å². The molecule has 0 bridgehead atoms. The van der Waals surface area contributed by atoms with Gasteiger partial charge in [0.1, 0.15) is 0 Å². The highest BCUT2D eigenvalue weighted by Gasteiger charge is 2.32. The molecule has 1 fully saturated rings. The van der Waals surface area contributed by atoms with Crippen molar-refractivity contribution in [3.8, 4) is 0 Å². The van der Waals surface area contributed by atoms with Crippen molar-refractivity contribution in [2.75, 3.05) is 6.61 Å². The van der Waals surface area contributed by atoms with Crippen LogP contribution in [0.3, 0.4) is 0 Å².